The van der Waals surface area contributed by atoms with Crippen LogP contribution >= 0.6 is 11.8 Å². The molecule has 0 bridgehead atoms. The molecule has 3 rings (SSSR count). The smallest absolute Gasteiger partial charge is 0.326 e. The number of amides is 5. The number of aromatic nitrogens is 2. The van der Waals surface area contributed by atoms with Crippen LogP contribution in [0, 0.1) is 5.41 Å². The minimum Gasteiger partial charge on any atom is -0.480 e. The molecule has 2 fully saturated rings. The number of H-pyrrole nitrogens is 1. The van der Waals surface area contributed by atoms with Crippen molar-refractivity contribution in [2.45, 2.75) is 80.8 Å². The molecule has 0 aliphatic carbocycles. The number of rotatable bonds is 19. The standard InChI is InChI=1S/C24H38N8O6S.C4H9N3O2/c25-8-4-3-5-15(23(36)37)30-22(35)16(9-14-10-26-13-28-14)29-20(34)11-27-19(33)7-2-1-6-18-21-17(12-39-18)31-24(38)32-21;1-7(4(5)6)2-3(8)9/h10,13,15-18,21H,1-9,11-12,25H2,(H,26,28)(H,27,33)(H,29,34)(H,30,35)(H,36,37)(H2,31,32,38);2H2,1H3,(H3,5,6)(H,8,9)/t15-,16-,17-,18-,21-;/m0./s1. The van der Waals surface area contributed by atoms with Crippen LogP contribution in [0.25, 0.3) is 0 Å². The van der Waals surface area contributed by atoms with E-state index < -0.39 is 35.8 Å². The summed E-state index contributed by atoms with van der Waals surface area (Å²) in [5.41, 5.74) is 10.9. The minimum absolute atomic E-state index is 0.0428. The van der Waals surface area contributed by atoms with Crippen molar-refractivity contribution in [3.8, 4) is 0 Å². The van der Waals surface area contributed by atoms with Crippen LogP contribution in [0.3, 0.4) is 0 Å². The lowest BCUT2D eigenvalue weighted by Gasteiger charge is -2.21. The van der Waals surface area contributed by atoms with E-state index in [1.807, 2.05) is 11.8 Å². The number of aliphatic carboxylic acids is 2. The van der Waals surface area contributed by atoms with Crippen LogP contribution in [0.2, 0.25) is 0 Å². The van der Waals surface area contributed by atoms with Crippen molar-refractivity contribution >= 4 is 53.4 Å². The zero-order valence-corrected chi connectivity index (χ0v) is 27.6. The van der Waals surface area contributed by atoms with E-state index in [9.17, 15) is 33.9 Å². The minimum atomic E-state index is -1.17. The Morgan fingerprint density at radius 3 is 2.46 bits per heavy atom. The van der Waals surface area contributed by atoms with Gasteiger partial charge in [0.15, 0.2) is 5.96 Å². The molecular formula is C28H47N11O8S. The van der Waals surface area contributed by atoms with Crippen molar-refractivity contribution in [2.75, 3.05) is 32.4 Å². The Kier molecular flexibility index (Phi) is 17.0. The molecular weight excluding hydrogens is 650 g/mol. The van der Waals surface area contributed by atoms with E-state index in [0.717, 1.165) is 23.5 Å². The summed E-state index contributed by atoms with van der Waals surface area (Å²) in [5.74, 6) is -3.03. The highest BCUT2D eigenvalue weighted by atomic mass is 32.2. The Bertz CT molecular complexity index is 1250. The van der Waals surface area contributed by atoms with E-state index in [1.165, 1.54) is 13.4 Å². The normalized spacial score (nSPS) is 18.9. The van der Waals surface area contributed by atoms with Crippen molar-refractivity contribution < 1.29 is 39.0 Å². The van der Waals surface area contributed by atoms with Crippen molar-refractivity contribution in [3.63, 3.8) is 0 Å². The number of nitrogens with zero attached hydrogens (tertiary/aromatic N) is 2. The van der Waals surface area contributed by atoms with E-state index in [1.54, 1.807) is 6.20 Å². The van der Waals surface area contributed by atoms with Crippen LogP contribution in [-0.4, -0.2) is 129 Å². The predicted octanol–water partition coefficient (Wildman–Crippen LogP) is -2.13. The van der Waals surface area contributed by atoms with Crippen LogP contribution in [0.1, 0.15) is 50.6 Å². The van der Waals surface area contributed by atoms with E-state index in [2.05, 4.69) is 36.6 Å². The second-order valence-electron chi connectivity index (χ2n) is 11.3. The van der Waals surface area contributed by atoms with Crippen LogP contribution in [-0.2, 0) is 30.4 Å². The number of urea groups is 1. The van der Waals surface area contributed by atoms with Crippen molar-refractivity contribution in [2.24, 2.45) is 11.5 Å². The quantitative estimate of drug-likeness (QED) is 0.0319. The molecule has 2 aliphatic heterocycles. The van der Waals surface area contributed by atoms with Gasteiger partial charge in [0, 0.05) is 37.1 Å². The number of unbranched alkanes of at least 4 members (excludes halogenated alkanes) is 2. The number of carboxylic acids is 2. The molecule has 2 saturated heterocycles. The summed E-state index contributed by atoms with van der Waals surface area (Å²) in [7, 11) is 1.44. The van der Waals surface area contributed by atoms with Gasteiger partial charge in [0.2, 0.25) is 17.7 Å². The number of likely N-dealkylation sites (N-methyl/N-ethyl adjacent to an activating group) is 1. The lowest BCUT2D eigenvalue weighted by atomic mass is 10.0. The van der Waals surface area contributed by atoms with Gasteiger partial charge in [-0.2, -0.15) is 11.8 Å². The third-order valence-electron chi connectivity index (χ3n) is 7.49. The van der Waals surface area contributed by atoms with E-state index in [0.29, 0.717) is 36.8 Å². The Labute approximate surface area is 282 Å². The van der Waals surface area contributed by atoms with Crippen LogP contribution in [0.15, 0.2) is 12.5 Å². The second-order valence-corrected chi connectivity index (χ2v) is 12.6. The summed E-state index contributed by atoms with van der Waals surface area (Å²) < 4.78 is 0. The van der Waals surface area contributed by atoms with Gasteiger partial charge in [-0.05, 0) is 38.6 Å². The molecule has 3 heterocycles. The number of imidazole rings is 1. The maximum atomic E-state index is 12.9. The van der Waals surface area contributed by atoms with Crippen LogP contribution in [0.5, 0.6) is 0 Å². The monoisotopic (exact) mass is 697 g/mol. The average Bonchev–Trinajstić information content (AvgIpc) is 3.76. The summed E-state index contributed by atoms with van der Waals surface area (Å²) in [5, 5.41) is 38.1. The maximum absolute atomic E-state index is 12.9. The molecule has 20 heteroatoms. The fourth-order valence-corrected chi connectivity index (χ4v) is 6.46. The lowest BCUT2D eigenvalue weighted by Crippen LogP contribution is -2.54. The molecule has 13 N–H and O–H groups in total. The molecule has 5 amide bonds. The lowest BCUT2D eigenvalue weighted by molar-refractivity contribution is -0.142. The summed E-state index contributed by atoms with van der Waals surface area (Å²) in [6.07, 6.45) is 7.03. The summed E-state index contributed by atoms with van der Waals surface area (Å²) in [6, 6.07) is -2.02. The number of nitrogens with one attached hydrogen (secondary N) is 7. The number of nitrogens with two attached hydrogens (primary N) is 2. The first kappa shape index (κ1) is 39.6. The molecule has 268 valence electrons. The largest absolute Gasteiger partial charge is 0.480 e. The fourth-order valence-electron chi connectivity index (χ4n) is 4.92. The third kappa shape index (κ3) is 14.4. The topological polar surface area (TPSA) is 311 Å². The highest BCUT2D eigenvalue weighted by molar-refractivity contribution is 8.00. The Morgan fingerprint density at radius 2 is 1.85 bits per heavy atom. The number of hydrogen-bond acceptors (Lipinski definition) is 10. The summed E-state index contributed by atoms with van der Waals surface area (Å²) in [6.45, 7) is -0.126. The number of hydrogen-bond donors (Lipinski definition) is 11. The van der Waals surface area contributed by atoms with Gasteiger partial charge in [-0.3, -0.25) is 24.6 Å². The maximum Gasteiger partial charge on any atom is 0.326 e. The summed E-state index contributed by atoms with van der Waals surface area (Å²) >= 11 is 1.82. The number of carbonyl (C=O) groups excluding carboxylic acids is 4. The van der Waals surface area contributed by atoms with E-state index in [4.69, 9.17) is 22.0 Å². The molecule has 2 aliphatic rings. The molecule has 0 aromatic carbocycles. The second kappa shape index (κ2) is 20.6. The van der Waals surface area contributed by atoms with Crippen LogP contribution in [0.4, 0.5) is 4.79 Å². The van der Waals surface area contributed by atoms with Gasteiger partial charge < -0.3 is 58.1 Å². The predicted molar refractivity (Wildman–Crippen MR) is 176 cm³/mol. The fraction of sp³-hybridized carbons (Fsp3) is 0.643. The van der Waals surface area contributed by atoms with E-state index >= 15 is 0 Å². The molecule has 48 heavy (non-hydrogen) atoms. The summed E-state index contributed by atoms with van der Waals surface area (Å²) in [4.78, 5) is 78.7. The van der Waals surface area contributed by atoms with Gasteiger partial charge in [0.25, 0.3) is 0 Å². The van der Waals surface area contributed by atoms with E-state index in [-0.39, 0.29) is 62.3 Å². The highest BCUT2D eigenvalue weighted by Gasteiger charge is 2.42. The number of carboxylic acid groups (broad SMARTS) is 2. The van der Waals surface area contributed by atoms with Crippen molar-refractivity contribution in [1.29, 1.82) is 5.41 Å². The Balaban J connectivity index is 0.000000778. The number of thioether (sulfide) groups is 1. The van der Waals surface area contributed by atoms with Gasteiger partial charge in [-0.1, -0.05) is 6.42 Å². The van der Waals surface area contributed by atoms with Crippen molar-refractivity contribution in [1.82, 2.24) is 41.5 Å². The van der Waals surface area contributed by atoms with Gasteiger partial charge in [-0.25, -0.2) is 14.6 Å². The van der Waals surface area contributed by atoms with Gasteiger partial charge >= 0.3 is 18.0 Å². The molecule has 0 spiro atoms. The molecule has 0 unspecified atom stereocenters. The zero-order chi connectivity index (χ0) is 35.6. The third-order valence-corrected chi connectivity index (χ3v) is 9.00. The van der Waals surface area contributed by atoms with Crippen molar-refractivity contribution in [3.05, 3.63) is 18.2 Å². The number of aromatic amines is 1. The SMILES string of the molecule is CN(CC(=O)O)C(=N)N.NCCCC[C@H](NC(=O)[C@H](Cc1c[nH]cn1)NC(=O)CNC(=O)CCCC[C@@H]1SC[C@@H]2NC(=O)N[C@@H]21)C(=O)O. The first-order valence-corrected chi connectivity index (χ1v) is 16.6. The zero-order valence-electron chi connectivity index (χ0n) is 26.8. The highest BCUT2D eigenvalue weighted by Crippen LogP contribution is 2.33. The molecule has 19 nitrogen and oxygen atoms in total. The van der Waals surface area contributed by atoms with Crippen LogP contribution < -0.4 is 38.1 Å². The number of carbonyl (C=O) groups is 6. The Morgan fingerprint density at radius 1 is 1.10 bits per heavy atom. The first-order valence-electron chi connectivity index (χ1n) is 15.5. The molecule has 1 aromatic heterocycles. The molecule has 5 atom stereocenters. The molecule has 0 saturated carbocycles. The number of fused-ring (bicyclic) bond motifs is 1. The van der Waals surface area contributed by atoms with Gasteiger partial charge in [-0.15, -0.1) is 0 Å². The Hall–Kier alpha value is -4.59. The molecule has 1 aromatic rings. The molecule has 0 radical (unpaired) electrons. The van der Waals surface area contributed by atoms with Gasteiger partial charge in [0.05, 0.1) is 30.6 Å². The first-order chi connectivity index (χ1) is 22.8. The average molecular weight is 698 g/mol. The number of guanidine groups is 1. The van der Waals surface area contributed by atoms with Gasteiger partial charge in [0.1, 0.15) is 18.6 Å².